The minimum Gasteiger partial charge on any atom is -0.322 e. The predicted molar refractivity (Wildman–Crippen MR) is 119 cm³/mol. The summed E-state index contributed by atoms with van der Waals surface area (Å²) in [4.78, 5) is 25.8. The van der Waals surface area contributed by atoms with E-state index in [1.807, 2.05) is 56.3 Å². The van der Waals surface area contributed by atoms with Crippen LogP contribution in [0.3, 0.4) is 0 Å². The van der Waals surface area contributed by atoms with E-state index in [1.165, 1.54) is 0 Å². The lowest BCUT2D eigenvalue weighted by molar-refractivity contribution is 0.102. The Morgan fingerprint density at radius 2 is 1.73 bits per heavy atom. The number of carbonyl (C=O) groups excluding carboxylic acids is 1. The van der Waals surface area contributed by atoms with Crippen molar-refractivity contribution in [2.75, 3.05) is 5.32 Å². The fraction of sp³-hybridized carbons (Fsp3) is 0.240. The maximum absolute atomic E-state index is 12.9. The number of aryl methyl sites for hydroxylation is 3. The zero-order chi connectivity index (χ0) is 21.7. The molecule has 3 aromatic rings. The van der Waals surface area contributed by atoms with Crippen LogP contribution >= 0.6 is 0 Å². The molecule has 1 amide bonds. The quantitative estimate of drug-likeness (QED) is 0.665. The van der Waals surface area contributed by atoms with Crippen LogP contribution in [0.2, 0.25) is 0 Å². The van der Waals surface area contributed by atoms with Gasteiger partial charge in [0.25, 0.3) is 11.5 Å². The Morgan fingerprint density at radius 1 is 1.07 bits per heavy atom. The van der Waals surface area contributed by atoms with Crippen molar-refractivity contribution in [1.29, 1.82) is 5.26 Å². The summed E-state index contributed by atoms with van der Waals surface area (Å²) >= 11 is 0. The van der Waals surface area contributed by atoms with E-state index in [0.717, 1.165) is 11.1 Å². The molecular formula is C25H25N3O2. The first-order valence-corrected chi connectivity index (χ1v) is 9.89. The predicted octanol–water partition coefficient (Wildman–Crippen LogP) is 4.45. The van der Waals surface area contributed by atoms with Crippen molar-refractivity contribution < 1.29 is 4.79 Å². The van der Waals surface area contributed by atoms with Crippen LogP contribution in [0.1, 0.15) is 40.9 Å². The van der Waals surface area contributed by atoms with Gasteiger partial charge in [0.1, 0.15) is 5.56 Å². The third-order valence-electron chi connectivity index (χ3n) is 5.23. The Balaban J connectivity index is 1.79. The number of hydrogen-bond acceptors (Lipinski definition) is 3. The average Bonchev–Trinajstić information content (AvgIpc) is 2.74. The number of pyridine rings is 1. The van der Waals surface area contributed by atoms with Crippen LogP contribution in [0.5, 0.6) is 0 Å². The normalized spacial score (nSPS) is 11.0. The molecule has 5 nitrogen and oxygen atoms in total. The molecule has 0 spiro atoms. The number of carbonyl (C=O) groups is 1. The molecule has 1 heterocycles. The summed E-state index contributed by atoms with van der Waals surface area (Å²) in [6.07, 6.45) is 2.44. The minimum atomic E-state index is -0.606. The zero-order valence-electron chi connectivity index (χ0n) is 17.5. The molecule has 1 aromatic heterocycles. The van der Waals surface area contributed by atoms with E-state index >= 15 is 0 Å². The van der Waals surface area contributed by atoms with Crippen molar-refractivity contribution in [3.8, 4) is 6.07 Å². The molecule has 0 fully saturated rings. The van der Waals surface area contributed by atoms with E-state index in [4.69, 9.17) is 0 Å². The molecule has 0 saturated carbocycles. The van der Waals surface area contributed by atoms with E-state index in [-0.39, 0.29) is 11.1 Å². The van der Waals surface area contributed by atoms with Gasteiger partial charge in [-0.25, -0.2) is 0 Å². The fourth-order valence-corrected chi connectivity index (χ4v) is 3.24. The molecule has 0 aliphatic carbocycles. The summed E-state index contributed by atoms with van der Waals surface area (Å²) in [5.41, 5.74) is 2.45. The van der Waals surface area contributed by atoms with Gasteiger partial charge in [0.05, 0.1) is 11.5 Å². The van der Waals surface area contributed by atoms with E-state index in [0.29, 0.717) is 24.2 Å². The molecule has 30 heavy (non-hydrogen) atoms. The highest BCUT2D eigenvalue weighted by atomic mass is 16.2. The molecule has 2 aromatic carbocycles. The molecule has 0 radical (unpaired) electrons. The number of amides is 1. The highest BCUT2D eigenvalue weighted by molar-refractivity contribution is 6.05. The number of nitrogens with zero attached hydrogens (tertiary/aromatic N) is 2. The van der Waals surface area contributed by atoms with Gasteiger partial charge in [0.2, 0.25) is 0 Å². The fourth-order valence-electron chi connectivity index (χ4n) is 3.24. The molecule has 0 atom stereocenters. The van der Waals surface area contributed by atoms with Gasteiger partial charge in [-0.15, -0.1) is 0 Å². The Morgan fingerprint density at radius 3 is 2.37 bits per heavy atom. The van der Waals surface area contributed by atoms with Gasteiger partial charge in [-0.2, -0.15) is 5.26 Å². The lowest BCUT2D eigenvalue weighted by atomic mass is 9.86. The molecule has 152 valence electrons. The van der Waals surface area contributed by atoms with Gasteiger partial charge in [-0.05, 0) is 62.1 Å². The third-order valence-corrected chi connectivity index (χ3v) is 5.23. The topological polar surface area (TPSA) is 74.9 Å². The van der Waals surface area contributed by atoms with Crippen molar-refractivity contribution >= 4 is 11.6 Å². The van der Waals surface area contributed by atoms with Crippen LogP contribution in [-0.4, -0.2) is 10.5 Å². The van der Waals surface area contributed by atoms with Gasteiger partial charge in [-0.1, -0.05) is 42.5 Å². The third kappa shape index (κ3) is 4.66. The number of nitrogens with one attached hydrogen (secondary N) is 1. The lowest BCUT2D eigenvalue weighted by Crippen LogP contribution is -2.30. The van der Waals surface area contributed by atoms with Crippen LogP contribution < -0.4 is 10.9 Å². The summed E-state index contributed by atoms with van der Waals surface area (Å²) in [6.45, 7) is 5.94. The van der Waals surface area contributed by atoms with E-state index in [9.17, 15) is 14.9 Å². The number of aromatic nitrogens is 1. The number of hydrogen-bond donors (Lipinski definition) is 1. The average molecular weight is 399 g/mol. The first kappa shape index (κ1) is 21.1. The van der Waals surface area contributed by atoms with Gasteiger partial charge in [0, 0.05) is 18.4 Å². The second kappa shape index (κ2) is 8.79. The van der Waals surface area contributed by atoms with Crippen LogP contribution in [0.25, 0.3) is 0 Å². The highest BCUT2D eigenvalue weighted by Gasteiger charge is 2.20. The van der Waals surface area contributed by atoms with Crippen molar-refractivity contribution in [3.05, 3.63) is 99.5 Å². The Bertz CT molecular complexity index is 1140. The Hall–Kier alpha value is -3.65. The first-order valence-electron chi connectivity index (χ1n) is 9.89. The molecule has 0 saturated heterocycles. The number of benzene rings is 2. The largest absolute Gasteiger partial charge is 0.322 e. The second-order valence-corrected chi connectivity index (χ2v) is 7.88. The number of rotatable bonds is 6. The van der Waals surface area contributed by atoms with Crippen molar-refractivity contribution in [1.82, 2.24) is 4.57 Å². The summed E-state index contributed by atoms with van der Waals surface area (Å²) in [7, 11) is 0. The zero-order valence-corrected chi connectivity index (χ0v) is 17.5. The summed E-state index contributed by atoms with van der Waals surface area (Å²) < 4.78 is 1.58. The standard InChI is InChI=1S/C25H25N3O2/c1-18-13-15-28(16-14-19-7-5-4-6-8-19)24(30)22(18)23(29)27-21-11-9-20(10-12-21)25(2,3)17-26/h4-13,15H,14,16H2,1-3H3,(H,27,29). The van der Waals surface area contributed by atoms with Crippen molar-refractivity contribution in [2.24, 2.45) is 0 Å². The molecule has 0 aliphatic rings. The highest BCUT2D eigenvalue weighted by Crippen LogP contribution is 2.23. The van der Waals surface area contributed by atoms with Gasteiger partial charge in [0.15, 0.2) is 0 Å². The van der Waals surface area contributed by atoms with Crippen molar-refractivity contribution in [2.45, 2.75) is 39.2 Å². The van der Waals surface area contributed by atoms with Gasteiger partial charge < -0.3 is 9.88 Å². The van der Waals surface area contributed by atoms with Crippen LogP contribution in [0, 0.1) is 18.3 Å². The Labute approximate surface area is 176 Å². The minimum absolute atomic E-state index is 0.145. The Kier molecular flexibility index (Phi) is 6.17. The van der Waals surface area contributed by atoms with E-state index < -0.39 is 11.3 Å². The first-order chi connectivity index (χ1) is 14.3. The number of nitriles is 1. The number of anilines is 1. The smallest absolute Gasteiger partial charge is 0.263 e. The maximum atomic E-state index is 12.9. The molecule has 0 aliphatic heterocycles. The maximum Gasteiger partial charge on any atom is 0.263 e. The lowest BCUT2D eigenvalue weighted by Gasteiger charge is -2.16. The van der Waals surface area contributed by atoms with Crippen LogP contribution in [-0.2, 0) is 18.4 Å². The second-order valence-electron chi connectivity index (χ2n) is 7.88. The van der Waals surface area contributed by atoms with Crippen LogP contribution in [0.15, 0.2) is 71.7 Å². The van der Waals surface area contributed by atoms with E-state index in [2.05, 4.69) is 11.4 Å². The summed E-state index contributed by atoms with van der Waals surface area (Å²) in [5.74, 6) is -0.432. The van der Waals surface area contributed by atoms with Gasteiger partial charge in [-0.3, -0.25) is 9.59 Å². The monoisotopic (exact) mass is 399 g/mol. The van der Waals surface area contributed by atoms with Crippen molar-refractivity contribution in [3.63, 3.8) is 0 Å². The molecule has 0 unspecified atom stereocenters. The molecule has 0 bridgehead atoms. The van der Waals surface area contributed by atoms with Crippen LogP contribution in [0.4, 0.5) is 5.69 Å². The SMILES string of the molecule is Cc1ccn(CCc2ccccc2)c(=O)c1C(=O)Nc1ccc(C(C)(C)C#N)cc1. The summed E-state index contributed by atoms with van der Waals surface area (Å²) in [5, 5.41) is 12.1. The molecular weight excluding hydrogens is 374 g/mol. The summed E-state index contributed by atoms with van der Waals surface area (Å²) in [6, 6.07) is 21.1. The van der Waals surface area contributed by atoms with Gasteiger partial charge >= 0.3 is 0 Å². The van der Waals surface area contributed by atoms with E-state index in [1.54, 1.807) is 35.9 Å². The molecule has 3 rings (SSSR count). The molecule has 1 N–H and O–H groups in total. The molecule has 5 heteroatoms.